The van der Waals surface area contributed by atoms with Crippen LogP contribution in [0, 0.1) is 5.92 Å². The standard InChI is InChI=1S/C18H26N2O2/c21-18(20-11-4-5-12-20)22-15-17-9-6-10-19(14-17)13-16-7-2-1-3-8-16/h1-3,7-8,17H,4-6,9-15H2. The zero-order chi connectivity index (χ0) is 15.2. The molecule has 22 heavy (non-hydrogen) atoms. The van der Waals surface area contributed by atoms with Gasteiger partial charge < -0.3 is 9.64 Å². The predicted octanol–water partition coefficient (Wildman–Crippen LogP) is 3.13. The fraction of sp³-hybridized carbons (Fsp3) is 0.611. The van der Waals surface area contributed by atoms with Gasteiger partial charge in [0.05, 0.1) is 6.61 Å². The van der Waals surface area contributed by atoms with Gasteiger partial charge in [0.1, 0.15) is 0 Å². The molecule has 0 aromatic heterocycles. The van der Waals surface area contributed by atoms with Crippen LogP contribution in [-0.4, -0.2) is 48.7 Å². The highest BCUT2D eigenvalue weighted by Gasteiger charge is 2.24. The summed E-state index contributed by atoms with van der Waals surface area (Å²) >= 11 is 0. The number of hydrogen-bond donors (Lipinski definition) is 0. The molecule has 0 spiro atoms. The van der Waals surface area contributed by atoms with Gasteiger partial charge in [0, 0.05) is 32.1 Å². The van der Waals surface area contributed by atoms with E-state index in [-0.39, 0.29) is 6.09 Å². The molecule has 1 aromatic rings. The summed E-state index contributed by atoms with van der Waals surface area (Å²) in [7, 11) is 0. The Morgan fingerprint density at radius 2 is 1.86 bits per heavy atom. The molecule has 1 unspecified atom stereocenters. The maximum Gasteiger partial charge on any atom is 0.409 e. The minimum absolute atomic E-state index is 0.113. The van der Waals surface area contributed by atoms with Gasteiger partial charge >= 0.3 is 6.09 Å². The van der Waals surface area contributed by atoms with Crippen molar-refractivity contribution in [2.75, 3.05) is 32.8 Å². The normalized spacial score (nSPS) is 22.7. The van der Waals surface area contributed by atoms with Crippen molar-refractivity contribution in [1.82, 2.24) is 9.80 Å². The SMILES string of the molecule is O=C(OCC1CCCN(Cc2ccccc2)C1)N1CCCC1. The molecule has 0 bridgehead atoms. The quantitative estimate of drug-likeness (QED) is 0.856. The van der Waals surface area contributed by atoms with E-state index >= 15 is 0 Å². The summed E-state index contributed by atoms with van der Waals surface area (Å²) in [5.74, 6) is 0.476. The molecule has 1 atom stereocenters. The number of hydrogen-bond acceptors (Lipinski definition) is 3. The lowest BCUT2D eigenvalue weighted by Crippen LogP contribution is -2.38. The third-order valence-corrected chi connectivity index (χ3v) is 4.66. The third kappa shape index (κ3) is 4.23. The van der Waals surface area contributed by atoms with Crippen molar-refractivity contribution in [3.05, 3.63) is 35.9 Å². The highest BCUT2D eigenvalue weighted by Crippen LogP contribution is 2.19. The molecule has 2 heterocycles. The van der Waals surface area contributed by atoms with E-state index in [9.17, 15) is 4.79 Å². The van der Waals surface area contributed by atoms with Crippen molar-refractivity contribution in [2.24, 2.45) is 5.92 Å². The number of carbonyl (C=O) groups is 1. The van der Waals surface area contributed by atoms with E-state index in [1.54, 1.807) is 0 Å². The topological polar surface area (TPSA) is 32.8 Å². The first-order chi connectivity index (χ1) is 10.8. The van der Waals surface area contributed by atoms with Gasteiger partial charge in [-0.1, -0.05) is 30.3 Å². The van der Waals surface area contributed by atoms with Crippen molar-refractivity contribution < 1.29 is 9.53 Å². The Hall–Kier alpha value is -1.55. The average molecular weight is 302 g/mol. The Morgan fingerprint density at radius 3 is 2.64 bits per heavy atom. The fourth-order valence-electron chi connectivity index (χ4n) is 3.45. The molecule has 4 nitrogen and oxygen atoms in total. The molecule has 0 N–H and O–H groups in total. The highest BCUT2D eigenvalue weighted by molar-refractivity contribution is 5.67. The van der Waals surface area contributed by atoms with E-state index in [0.717, 1.165) is 45.6 Å². The molecule has 2 aliphatic heterocycles. The molecule has 2 fully saturated rings. The summed E-state index contributed by atoms with van der Waals surface area (Å²) in [6.07, 6.45) is 4.47. The minimum Gasteiger partial charge on any atom is -0.449 e. The number of piperidine rings is 1. The van der Waals surface area contributed by atoms with Gasteiger partial charge in [0.2, 0.25) is 0 Å². The number of amides is 1. The van der Waals surface area contributed by atoms with Crippen LogP contribution >= 0.6 is 0 Å². The number of likely N-dealkylation sites (tertiary alicyclic amines) is 2. The molecule has 3 rings (SSSR count). The third-order valence-electron chi connectivity index (χ3n) is 4.66. The maximum atomic E-state index is 12.0. The van der Waals surface area contributed by atoms with Crippen LogP contribution in [0.15, 0.2) is 30.3 Å². The van der Waals surface area contributed by atoms with Crippen molar-refractivity contribution in [2.45, 2.75) is 32.2 Å². The van der Waals surface area contributed by atoms with Gasteiger partial charge in [-0.15, -0.1) is 0 Å². The first-order valence-electron chi connectivity index (χ1n) is 8.49. The number of carbonyl (C=O) groups excluding carboxylic acids is 1. The molecule has 0 aliphatic carbocycles. The molecule has 120 valence electrons. The second-order valence-corrected chi connectivity index (χ2v) is 6.50. The van der Waals surface area contributed by atoms with Gasteiger partial charge in [-0.2, -0.15) is 0 Å². The molecule has 0 saturated carbocycles. The van der Waals surface area contributed by atoms with Crippen molar-refractivity contribution in [3.8, 4) is 0 Å². The smallest absolute Gasteiger partial charge is 0.409 e. The Morgan fingerprint density at radius 1 is 1.09 bits per heavy atom. The van der Waals surface area contributed by atoms with Gasteiger partial charge in [-0.05, 0) is 37.8 Å². The van der Waals surface area contributed by atoms with Crippen LogP contribution in [0.4, 0.5) is 4.79 Å². The Labute approximate surface area is 133 Å². The van der Waals surface area contributed by atoms with Crippen LogP contribution in [0.5, 0.6) is 0 Å². The summed E-state index contributed by atoms with van der Waals surface area (Å²) in [5.41, 5.74) is 1.36. The van der Waals surface area contributed by atoms with Crippen LogP contribution in [-0.2, 0) is 11.3 Å². The van der Waals surface area contributed by atoms with Crippen molar-refractivity contribution >= 4 is 6.09 Å². The molecule has 1 amide bonds. The molecular formula is C18H26N2O2. The first-order valence-corrected chi connectivity index (χ1v) is 8.49. The molecular weight excluding hydrogens is 276 g/mol. The van der Waals surface area contributed by atoms with E-state index in [4.69, 9.17) is 4.74 Å². The molecule has 1 aromatic carbocycles. The summed E-state index contributed by atoms with van der Waals surface area (Å²) < 4.78 is 5.52. The monoisotopic (exact) mass is 302 g/mol. The summed E-state index contributed by atoms with van der Waals surface area (Å²) in [6.45, 7) is 5.47. The Kier molecular flexibility index (Phi) is 5.33. The zero-order valence-corrected chi connectivity index (χ0v) is 13.2. The van der Waals surface area contributed by atoms with Crippen LogP contribution < -0.4 is 0 Å². The molecule has 0 radical (unpaired) electrons. The number of rotatable bonds is 4. The second-order valence-electron chi connectivity index (χ2n) is 6.50. The molecule has 2 saturated heterocycles. The van der Waals surface area contributed by atoms with E-state index < -0.39 is 0 Å². The van der Waals surface area contributed by atoms with E-state index in [2.05, 4.69) is 35.2 Å². The molecule has 4 heteroatoms. The maximum absolute atomic E-state index is 12.0. The number of nitrogens with zero attached hydrogens (tertiary/aromatic N) is 2. The lowest BCUT2D eigenvalue weighted by atomic mass is 9.98. The van der Waals surface area contributed by atoms with E-state index in [1.807, 2.05) is 4.90 Å². The van der Waals surface area contributed by atoms with Crippen LogP contribution in [0.1, 0.15) is 31.2 Å². The fourth-order valence-corrected chi connectivity index (χ4v) is 3.45. The highest BCUT2D eigenvalue weighted by atomic mass is 16.6. The second kappa shape index (κ2) is 7.63. The summed E-state index contributed by atoms with van der Waals surface area (Å²) in [5, 5.41) is 0. The Balaban J connectivity index is 1.43. The van der Waals surface area contributed by atoms with Gasteiger partial charge in [-0.25, -0.2) is 4.79 Å². The van der Waals surface area contributed by atoms with Gasteiger partial charge in [-0.3, -0.25) is 4.90 Å². The van der Waals surface area contributed by atoms with E-state index in [0.29, 0.717) is 12.5 Å². The number of benzene rings is 1. The minimum atomic E-state index is -0.113. The lowest BCUT2D eigenvalue weighted by Gasteiger charge is -2.32. The zero-order valence-electron chi connectivity index (χ0n) is 13.2. The Bertz CT molecular complexity index is 471. The van der Waals surface area contributed by atoms with E-state index in [1.165, 1.54) is 18.4 Å². The predicted molar refractivity (Wildman–Crippen MR) is 86.6 cm³/mol. The van der Waals surface area contributed by atoms with Crippen LogP contribution in [0.2, 0.25) is 0 Å². The first kappa shape index (κ1) is 15.3. The number of ether oxygens (including phenoxy) is 1. The summed E-state index contributed by atoms with van der Waals surface area (Å²) in [6, 6.07) is 10.6. The van der Waals surface area contributed by atoms with Crippen molar-refractivity contribution in [3.63, 3.8) is 0 Å². The molecule has 2 aliphatic rings. The average Bonchev–Trinajstić information content (AvgIpc) is 3.08. The largest absolute Gasteiger partial charge is 0.449 e. The van der Waals surface area contributed by atoms with Crippen molar-refractivity contribution in [1.29, 1.82) is 0 Å². The lowest BCUT2D eigenvalue weighted by molar-refractivity contribution is 0.0680. The summed E-state index contributed by atoms with van der Waals surface area (Å²) in [4.78, 5) is 16.3. The van der Waals surface area contributed by atoms with Gasteiger partial charge in [0.15, 0.2) is 0 Å². The van der Waals surface area contributed by atoms with Crippen LogP contribution in [0.25, 0.3) is 0 Å². The van der Waals surface area contributed by atoms with Gasteiger partial charge in [0.25, 0.3) is 0 Å². The van der Waals surface area contributed by atoms with Crippen LogP contribution in [0.3, 0.4) is 0 Å².